The van der Waals surface area contributed by atoms with Gasteiger partial charge in [-0.25, -0.2) is 0 Å². The molecule has 0 bridgehead atoms. The van der Waals surface area contributed by atoms with Crippen molar-refractivity contribution in [2.24, 2.45) is 0 Å². The zero-order chi connectivity index (χ0) is 7.52. The van der Waals surface area contributed by atoms with E-state index in [1.807, 2.05) is 18.5 Å². The Balaban J connectivity index is 2.16. The Morgan fingerprint density at radius 3 is 3.18 bits per heavy atom. The van der Waals surface area contributed by atoms with Gasteiger partial charge in [0.1, 0.15) is 0 Å². The summed E-state index contributed by atoms with van der Waals surface area (Å²) in [5.74, 6) is 1.32. The fourth-order valence-electron chi connectivity index (χ4n) is 1.41. The molecule has 1 fully saturated rings. The summed E-state index contributed by atoms with van der Waals surface area (Å²) in [6.45, 7) is 0. The van der Waals surface area contributed by atoms with Crippen LogP contribution in [0.5, 0.6) is 0 Å². The van der Waals surface area contributed by atoms with Crippen LogP contribution in [-0.2, 0) is 0 Å². The molecule has 1 aromatic heterocycles. The number of thioether (sulfide) groups is 1. The van der Waals surface area contributed by atoms with Gasteiger partial charge in [-0.05, 0) is 30.2 Å². The van der Waals surface area contributed by atoms with E-state index in [4.69, 9.17) is 0 Å². The molecule has 1 saturated heterocycles. The van der Waals surface area contributed by atoms with Gasteiger partial charge in [-0.1, -0.05) is 6.07 Å². The summed E-state index contributed by atoms with van der Waals surface area (Å²) >= 11 is 2.06. The lowest BCUT2D eigenvalue weighted by molar-refractivity contribution is 0.825. The van der Waals surface area contributed by atoms with Gasteiger partial charge < -0.3 is 0 Å². The van der Waals surface area contributed by atoms with E-state index in [2.05, 4.69) is 22.8 Å². The van der Waals surface area contributed by atoms with Crippen molar-refractivity contribution < 1.29 is 0 Å². The molecule has 1 nitrogen and oxygen atoms in total. The third-order valence-electron chi connectivity index (χ3n) is 1.99. The summed E-state index contributed by atoms with van der Waals surface area (Å²) in [7, 11) is 0. The van der Waals surface area contributed by atoms with Crippen molar-refractivity contribution in [2.45, 2.75) is 18.1 Å². The monoisotopic (exact) mass is 165 g/mol. The molecule has 0 N–H and O–H groups in total. The maximum absolute atomic E-state index is 4.12. The molecule has 1 aliphatic heterocycles. The van der Waals surface area contributed by atoms with E-state index in [0.717, 1.165) is 5.25 Å². The maximum Gasteiger partial charge on any atom is 0.0312 e. The van der Waals surface area contributed by atoms with E-state index in [-0.39, 0.29) is 0 Å². The summed E-state index contributed by atoms with van der Waals surface area (Å²) in [5, 5.41) is 0.726. The van der Waals surface area contributed by atoms with Crippen molar-refractivity contribution in [2.75, 3.05) is 5.75 Å². The smallest absolute Gasteiger partial charge is 0.0312 e. The highest BCUT2D eigenvalue weighted by Gasteiger charge is 2.16. The first-order chi connectivity index (χ1) is 5.47. The normalized spacial score (nSPS) is 23.8. The highest BCUT2D eigenvalue weighted by Crippen LogP contribution is 2.39. The van der Waals surface area contributed by atoms with Gasteiger partial charge in [0, 0.05) is 17.6 Å². The molecule has 11 heavy (non-hydrogen) atoms. The molecule has 0 amide bonds. The van der Waals surface area contributed by atoms with E-state index in [1.165, 1.54) is 24.2 Å². The van der Waals surface area contributed by atoms with E-state index in [1.54, 1.807) is 0 Å². The van der Waals surface area contributed by atoms with Crippen LogP contribution in [0, 0.1) is 0 Å². The van der Waals surface area contributed by atoms with Crippen LogP contribution >= 0.6 is 11.8 Å². The van der Waals surface area contributed by atoms with Gasteiger partial charge in [-0.2, -0.15) is 11.8 Å². The SMILES string of the molecule is c1cncc(C2CCCS2)c1. The van der Waals surface area contributed by atoms with Gasteiger partial charge in [0.05, 0.1) is 0 Å². The van der Waals surface area contributed by atoms with Crippen molar-refractivity contribution in [3.8, 4) is 0 Å². The zero-order valence-corrected chi connectivity index (χ0v) is 7.18. The molecule has 0 aromatic carbocycles. The van der Waals surface area contributed by atoms with Gasteiger partial charge in [0.15, 0.2) is 0 Å². The summed E-state index contributed by atoms with van der Waals surface area (Å²) in [6.07, 6.45) is 6.52. The Morgan fingerprint density at radius 1 is 1.55 bits per heavy atom. The van der Waals surface area contributed by atoms with Crippen molar-refractivity contribution >= 4 is 11.8 Å². The fourth-order valence-corrected chi connectivity index (χ4v) is 2.69. The van der Waals surface area contributed by atoms with Crippen LogP contribution in [0.1, 0.15) is 23.7 Å². The van der Waals surface area contributed by atoms with Crippen LogP contribution in [0.2, 0.25) is 0 Å². The molecule has 2 heteroatoms. The number of rotatable bonds is 1. The van der Waals surface area contributed by atoms with Gasteiger partial charge in [-0.3, -0.25) is 4.98 Å². The largest absolute Gasteiger partial charge is 0.264 e. The molecule has 1 unspecified atom stereocenters. The van der Waals surface area contributed by atoms with Crippen LogP contribution in [-0.4, -0.2) is 10.7 Å². The molecular formula is C9H11NS. The fraction of sp³-hybridized carbons (Fsp3) is 0.444. The van der Waals surface area contributed by atoms with Crippen molar-refractivity contribution in [1.82, 2.24) is 4.98 Å². The summed E-state index contributed by atoms with van der Waals surface area (Å²) in [4.78, 5) is 4.12. The van der Waals surface area contributed by atoms with Gasteiger partial charge in [0.25, 0.3) is 0 Å². The maximum atomic E-state index is 4.12. The Hall–Kier alpha value is -0.500. The number of aromatic nitrogens is 1. The average molecular weight is 165 g/mol. The Labute approximate surface area is 71.2 Å². The lowest BCUT2D eigenvalue weighted by Crippen LogP contribution is -1.87. The number of hydrogen-bond acceptors (Lipinski definition) is 2. The minimum atomic E-state index is 0.726. The molecule has 1 atom stereocenters. The molecule has 0 radical (unpaired) electrons. The van der Waals surface area contributed by atoms with Crippen molar-refractivity contribution in [1.29, 1.82) is 0 Å². The van der Waals surface area contributed by atoms with Crippen molar-refractivity contribution in [3.05, 3.63) is 30.1 Å². The molecule has 0 spiro atoms. The predicted molar refractivity (Wildman–Crippen MR) is 48.7 cm³/mol. The highest BCUT2D eigenvalue weighted by molar-refractivity contribution is 7.99. The number of pyridine rings is 1. The lowest BCUT2D eigenvalue weighted by Gasteiger charge is -2.06. The standard InChI is InChI=1S/C9H11NS/c1-3-8(7-10-5-1)9-4-2-6-11-9/h1,3,5,7,9H,2,4,6H2. The molecular weight excluding hydrogens is 154 g/mol. The minimum Gasteiger partial charge on any atom is -0.264 e. The van der Waals surface area contributed by atoms with E-state index >= 15 is 0 Å². The third kappa shape index (κ3) is 1.56. The Kier molecular flexibility index (Phi) is 2.13. The van der Waals surface area contributed by atoms with Gasteiger partial charge in [0.2, 0.25) is 0 Å². The average Bonchev–Trinajstić information content (AvgIpc) is 2.58. The summed E-state index contributed by atoms with van der Waals surface area (Å²) < 4.78 is 0. The van der Waals surface area contributed by atoms with Gasteiger partial charge in [-0.15, -0.1) is 0 Å². The van der Waals surface area contributed by atoms with E-state index in [0.29, 0.717) is 0 Å². The molecule has 0 saturated carbocycles. The van der Waals surface area contributed by atoms with Crippen LogP contribution < -0.4 is 0 Å². The Morgan fingerprint density at radius 2 is 2.55 bits per heavy atom. The third-order valence-corrected chi connectivity index (χ3v) is 3.42. The predicted octanol–water partition coefficient (Wildman–Crippen LogP) is 2.65. The first kappa shape index (κ1) is 7.17. The second-order valence-corrected chi connectivity index (χ2v) is 4.10. The summed E-state index contributed by atoms with van der Waals surface area (Å²) in [6, 6.07) is 4.20. The summed E-state index contributed by atoms with van der Waals surface area (Å²) in [5.41, 5.74) is 1.40. The second-order valence-electron chi connectivity index (χ2n) is 2.79. The number of hydrogen-bond donors (Lipinski definition) is 0. The van der Waals surface area contributed by atoms with Crippen LogP contribution in [0.3, 0.4) is 0 Å². The molecule has 58 valence electrons. The highest BCUT2D eigenvalue weighted by atomic mass is 32.2. The number of nitrogens with zero attached hydrogens (tertiary/aromatic N) is 1. The first-order valence-corrected chi connectivity index (χ1v) is 5.03. The molecule has 2 heterocycles. The molecule has 1 aromatic rings. The Bertz CT molecular complexity index is 216. The second kappa shape index (κ2) is 3.26. The topological polar surface area (TPSA) is 12.9 Å². The van der Waals surface area contributed by atoms with Crippen LogP contribution in [0.25, 0.3) is 0 Å². The minimum absolute atomic E-state index is 0.726. The molecule has 1 aliphatic rings. The van der Waals surface area contributed by atoms with Gasteiger partial charge >= 0.3 is 0 Å². The van der Waals surface area contributed by atoms with E-state index < -0.39 is 0 Å². The van der Waals surface area contributed by atoms with Crippen LogP contribution in [0.4, 0.5) is 0 Å². The lowest BCUT2D eigenvalue weighted by atomic mass is 10.1. The first-order valence-electron chi connectivity index (χ1n) is 3.98. The zero-order valence-electron chi connectivity index (χ0n) is 6.36. The van der Waals surface area contributed by atoms with Crippen molar-refractivity contribution in [3.63, 3.8) is 0 Å². The van der Waals surface area contributed by atoms with E-state index in [9.17, 15) is 0 Å². The molecule has 2 rings (SSSR count). The van der Waals surface area contributed by atoms with Crippen LogP contribution in [0.15, 0.2) is 24.5 Å². The quantitative estimate of drug-likeness (QED) is 0.634. The molecule has 0 aliphatic carbocycles.